The summed E-state index contributed by atoms with van der Waals surface area (Å²) in [5.74, 6) is 0.843. The molecule has 0 bridgehead atoms. The molecule has 2 heteroatoms. The lowest BCUT2D eigenvalue weighted by molar-refractivity contribution is 0.199. The summed E-state index contributed by atoms with van der Waals surface area (Å²) in [4.78, 5) is 2.40. The van der Waals surface area contributed by atoms with E-state index >= 15 is 0 Å². The number of rotatable bonds is 2. The minimum Gasteiger partial charge on any atom is -0.389 e. The summed E-state index contributed by atoms with van der Waals surface area (Å²) in [6.07, 6.45) is 2.14. The third-order valence-electron chi connectivity index (χ3n) is 3.51. The Labute approximate surface area is 97.9 Å². The molecule has 1 heterocycles. The van der Waals surface area contributed by atoms with E-state index in [9.17, 15) is 5.11 Å². The Morgan fingerprint density at radius 2 is 1.88 bits per heavy atom. The average molecular weight is 219 g/mol. The maximum Gasteiger partial charge on any atom is 0.0781 e. The van der Waals surface area contributed by atoms with Gasteiger partial charge in [-0.25, -0.2) is 0 Å². The van der Waals surface area contributed by atoms with Crippen molar-refractivity contribution in [3.8, 4) is 0 Å². The zero-order valence-electron chi connectivity index (χ0n) is 10.2. The van der Waals surface area contributed by atoms with Gasteiger partial charge < -0.3 is 10.0 Å². The predicted octanol–water partition coefficient (Wildman–Crippen LogP) is 2.98. The number of aliphatic hydroxyl groups excluding tert-OH is 1. The van der Waals surface area contributed by atoms with Crippen molar-refractivity contribution in [1.82, 2.24) is 0 Å². The lowest BCUT2D eigenvalue weighted by Gasteiger charge is -2.33. The SMILES string of the molecule is CC1CCN(c2ccccc2[C@@H](C)O)CC1. The standard InChI is InChI=1S/C14H21NO/c1-11-7-9-15(10-8-11)14-6-4-3-5-13(14)12(2)16/h3-6,11-12,16H,7-10H2,1-2H3/t12-/m1/s1. The highest BCUT2D eigenvalue weighted by molar-refractivity contribution is 5.54. The number of aliphatic hydroxyl groups is 1. The summed E-state index contributed by atoms with van der Waals surface area (Å²) in [6.45, 7) is 6.39. The molecule has 88 valence electrons. The molecule has 1 atom stereocenters. The maximum absolute atomic E-state index is 9.76. The van der Waals surface area contributed by atoms with E-state index in [1.165, 1.54) is 18.5 Å². The normalized spacial score (nSPS) is 19.8. The highest BCUT2D eigenvalue weighted by atomic mass is 16.3. The zero-order valence-corrected chi connectivity index (χ0v) is 10.2. The van der Waals surface area contributed by atoms with Crippen LogP contribution in [0, 0.1) is 5.92 Å². The molecule has 1 aliphatic heterocycles. The summed E-state index contributed by atoms with van der Waals surface area (Å²) in [6, 6.07) is 8.20. The van der Waals surface area contributed by atoms with Crippen molar-refractivity contribution in [3.63, 3.8) is 0 Å². The van der Waals surface area contributed by atoms with Crippen LogP contribution in [0.3, 0.4) is 0 Å². The Bertz CT molecular complexity index is 340. The second-order valence-electron chi connectivity index (χ2n) is 4.90. The van der Waals surface area contributed by atoms with Gasteiger partial charge in [0.05, 0.1) is 6.10 Å². The number of para-hydroxylation sites is 1. The Balaban J connectivity index is 2.19. The van der Waals surface area contributed by atoms with Crippen molar-refractivity contribution in [1.29, 1.82) is 0 Å². The predicted molar refractivity (Wildman–Crippen MR) is 67.7 cm³/mol. The molecule has 0 unspecified atom stereocenters. The molecule has 0 amide bonds. The lowest BCUT2D eigenvalue weighted by atomic mass is 9.97. The van der Waals surface area contributed by atoms with Crippen molar-refractivity contribution < 1.29 is 5.11 Å². The number of anilines is 1. The third-order valence-corrected chi connectivity index (χ3v) is 3.51. The topological polar surface area (TPSA) is 23.5 Å². The van der Waals surface area contributed by atoms with Crippen LogP contribution in [0.15, 0.2) is 24.3 Å². The maximum atomic E-state index is 9.76. The van der Waals surface area contributed by atoms with Crippen molar-refractivity contribution >= 4 is 5.69 Å². The van der Waals surface area contributed by atoms with Crippen LogP contribution in [0.5, 0.6) is 0 Å². The number of nitrogens with zero attached hydrogens (tertiary/aromatic N) is 1. The van der Waals surface area contributed by atoms with Crippen LogP contribution in [0.25, 0.3) is 0 Å². The minimum atomic E-state index is -0.379. The number of benzene rings is 1. The van der Waals surface area contributed by atoms with Gasteiger partial charge in [0, 0.05) is 24.3 Å². The molecule has 1 aliphatic rings. The summed E-state index contributed by atoms with van der Waals surface area (Å²) < 4.78 is 0. The van der Waals surface area contributed by atoms with E-state index < -0.39 is 0 Å². The second-order valence-corrected chi connectivity index (χ2v) is 4.90. The molecule has 1 aromatic rings. The summed E-state index contributed by atoms with van der Waals surface area (Å²) in [5.41, 5.74) is 2.27. The number of piperidine rings is 1. The Morgan fingerprint density at radius 1 is 1.25 bits per heavy atom. The van der Waals surface area contributed by atoms with Crippen LogP contribution in [-0.2, 0) is 0 Å². The van der Waals surface area contributed by atoms with Gasteiger partial charge in [-0.05, 0) is 31.7 Å². The van der Waals surface area contributed by atoms with E-state index in [1.807, 2.05) is 19.1 Å². The Morgan fingerprint density at radius 3 is 2.50 bits per heavy atom. The summed E-state index contributed by atoms with van der Waals surface area (Å²) in [7, 11) is 0. The first-order valence-electron chi connectivity index (χ1n) is 6.20. The van der Waals surface area contributed by atoms with Gasteiger partial charge in [0.15, 0.2) is 0 Å². The van der Waals surface area contributed by atoms with Crippen LogP contribution in [0.1, 0.15) is 38.4 Å². The number of hydrogen-bond acceptors (Lipinski definition) is 2. The summed E-state index contributed by atoms with van der Waals surface area (Å²) in [5, 5.41) is 9.76. The van der Waals surface area contributed by atoms with Gasteiger partial charge in [-0.3, -0.25) is 0 Å². The molecule has 1 aromatic carbocycles. The van der Waals surface area contributed by atoms with Crippen LogP contribution < -0.4 is 4.90 Å². The molecule has 0 aromatic heterocycles. The summed E-state index contributed by atoms with van der Waals surface area (Å²) >= 11 is 0. The van der Waals surface area contributed by atoms with Gasteiger partial charge in [0.25, 0.3) is 0 Å². The van der Waals surface area contributed by atoms with Crippen LogP contribution in [-0.4, -0.2) is 18.2 Å². The molecule has 0 spiro atoms. The molecule has 0 aliphatic carbocycles. The first kappa shape index (κ1) is 11.5. The van der Waals surface area contributed by atoms with Gasteiger partial charge in [0.1, 0.15) is 0 Å². The van der Waals surface area contributed by atoms with E-state index in [2.05, 4.69) is 24.0 Å². The Hall–Kier alpha value is -1.02. The molecular weight excluding hydrogens is 198 g/mol. The van der Waals surface area contributed by atoms with E-state index in [-0.39, 0.29) is 6.10 Å². The molecule has 2 rings (SSSR count). The van der Waals surface area contributed by atoms with Crippen molar-refractivity contribution in [2.24, 2.45) is 5.92 Å². The fourth-order valence-electron chi connectivity index (χ4n) is 2.38. The molecule has 16 heavy (non-hydrogen) atoms. The monoisotopic (exact) mass is 219 g/mol. The highest BCUT2D eigenvalue weighted by Crippen LogP contribution is 2.29. The van der Waals surface area contributed by atoms with Crippen LogP contribution in [0.4, 0.5) is 5.69 Å². The second kappa shape index (κ2) is 4.88. The van der Waals surface area contributed by atoms with Gasteiger partial charge >= 0.3 is 0 Å². The van der Waals surface area contributed by atoms with Crippen molar-refractivity contribution in [3.05, 3.63) is 29.8 Å². The first-order valence-corrected chi connectivity index (χ1v) is 6.20. The fourth-order valence-corrected chi connectivity index (χ4v) is 2.38. The van der Waals surface area contributed by atoms with Gasteiger partial charge in [-0.1, -0.05) is 25.1 Å². The smallest absolute Gasteiger partial charge is 0.0781 e. The zero-order chi connectivity index (χ0) is 11.5. The molecule has 0 radical (unpaired) electrons. The molecule has 1 fully saturated rings. The molecule has 2 nitrogen and oxygen atoms in total. The van der Waals surface area contributed by atoms with Crippen molar-refractivity contribution in [2.45, 2.75) is 32.8 Å². The average Bonchev–Trinajstić information content (AvgIpc) is 2.30. The third kappa shape index (κ3) is 2.38. The fraction of sp³-hybridized carbons (Fsp3) is 0.571. The van der Waals surface area contributed by atoms with Crippen LogP contribution in [0.2, 0.25) is 0 Å². The van der Waals surface area contributed by atoms with Gasteiger partial charge in [-0.2, -0.15) is 0 Å². The van der Waals surface area contributed by atoms with E-state index in [0.717, 1.165) is 24.6 Å². The van der Waals surface area contributed by atoms with E-state index in [1.54, 1.807) is 0 Å². The molecule has 1 saturated heterocycles. The minimum absolute atomic E-state index is 0.379. The lowest BCUT2D eigenvalue weighted by Crippen LogP contribution is -2.33. The molecular formula is C14H21NO. The van der Waals surface area contributed by atoms with Gasteiger partial charge in [0.2, 0.25) is 0 Å². The highest BCUT2D eigenvalue weighted by Gasteiger charge is 2.19. The first-order chi connectivity index (χ1) is 7.68. The Kier molecular flexibility index (Phi) is 3.49. The number of hydrogen-bond donors (Lipinski definition) is 1. The quantitative estimate of drug-likeness (QED) is 0.826. The van der Waals surface area contributed by atoms with Crippen molar-refractivity contribution in [2.75, 3.05) is 18.0 Å². The largest absolute Gasteiger partial charge is 0.389 e. The van der Waals surface area contributed by atoms with E-state index in [0.29, 0.717) is 0 Å². The molecule has 0 saturated carbocycles. The van der Waals surface area contributed by atoms with Crippen LogP contribution >= 0.6 is 0 Å². The van der Waals surface area contributed by atoms with E-state index in [4.69, 9.17) is 0 Å². The molecule has 1 N–H and O–H groups in total. The van der Waals surface area contributed by atoms with Gasteiger partial charge in [-0.15, -0.1) is 0 Å².